The Bertz CT molecular complexity index is 303. The summed E-state index contributed by atoms with van der Waals surface area (Å²) in [5.41, 5.74) is 5.87. The summed E-state index contributed by atoms with van der Waals surface area (Å²) < 4.78 is 5.43. The lowest BCUT2D eigenvalue weighted by Gasteiger charge is -2.38. The van der Waals surface area contributed by atoms with Crippen molar-refractivity contribution in [1.29, 1.82) is 0 Å². The number of hydrogen-bond donors (Lipinski definition) is 1. The molecule has 2 aliphatic rings. The molecule has 2 aliphatic heterocycles. The number of hydrogen-bond acceptors (Lipinski definition) is 4. The van der Waals surface area contributed by atoms with Crippen LogP contribution in [-0.2, 0) is 9.53 Å². The summed E-state index contributed by atoms with van der Waals surface area (Å²) in [6.45, 7) is 3.91. The number of amides is 1. The molecule has 2 heterocycles. The fourth-order valence-electron chi connectivity index (χ4n) is 3.32. The third-order valence-electron chi connectivity index (χ3n) is 4.69. The second-order valence-electron chi connectivity index (χ2n) is 6.04. The molecule has 2 unspecified atom stereocenters. The van der Waals surface area contributed by atoms with Crippen LogP contribution in [0, 0.1) is 0 Å². The topological polar surface area (TPSA) is 58.8 Å². The van der Waals surface area contributed by atoms with Crippen molar-refractivity contribution in [2.24, 2.45) is 5.73 Å². The maximum absolute atomic E-state index is 12.4. The largest absolute Gasteiger partial charge is 0.381 e. The van der Waals surface area contributed by atoms with Crippen LogP contribution < -0.4 is 5.73 Å². The standard InChI is InChI=1S/C15H29N3O2/c1-20-14-6-9-18(13(10-14)11-16)12-15(19)17-7-4-2-3-5-8-17/h13-14H,2-12,16H2,1H3. The van der Waals surface area contributed by atoms with Crippen molar-refractivity contribution in [1.82, 2.24) is 9.80 Å². The van der Waals surface area contributed by atoms with Crippen molar-refractivity contribution in [3.63, 3.8) is 0 Å². The van der Waals surface area contributed by atoms with E-state index in [1.54, 1.807) is 7.11 Å². The van der Waals surface area contributed by atoms with E-state index in [0.717, 1.165) is 45.3 Å². The Kier molecular flexibility index (Phi) is 6.26. The number of nitrogens with two attached hydrogens (primary N) is 1. The number of piperidine rings is 1. The Labute approximate surface area is 122 Å². The zero-order valence-electron chi connectivity index (χ0n) is 12.7. The molecule has 5 heteroatoms. The first kappa shape index (κ1) is 15.7. The SMILES string of the molecule is COC1CCN(CC(=O)N2CCCCCC2)C(CN)C1. The van der Waals surface area contributed by atoms with Gasteiger partial charge in [-0.2, -0.15) is 0 Å². The number of methoxy groups -OCH3 is 1. The predicted molar refractivity (Wildman–Crippen MR) is 79.5 cm³/mol. The number of ether oxygens (including phenoxy) is 1. The van der Waals surface area contributed by atoms with Crippen molar-refractivity contribution in [3.05, 3.63) is 0 Å². The Hall–Kier alpha value is -0.650. The highest BCUT2D eigenvalue weighted by Crippen LogP contribution is 2.19. The third-order valence-corrected chi connectivity index (χ3v) is 4.69. The molecule has 0 spiro atoms. The van der Waals surface area contributed by atoms with E-state index in [0.29, 0.717) is 19.2 Å². The lowest BCUT2D eigenvalue weighted by Crippen LogP contribution is -2.52. The summed E-state index contributed by atoms with van der Waals surface area (Å²) in [7, 11) is 1.76. The summed E-state index contributed by atoms with van der Waals surface area (Å²) in [5, 5.41) is 0. The van der Waals surface area contributed by atoms with Crippen molar-refractivity contribution >= 4 is 5.91 Å². The van der Waals surface area contributed by atoms with E-state index in [2.05, 4.69) is 4.90 Å². The number of rotatable bonds is 4. The van der Waals surface area contributed by atoms with E-state index in [1.807, 2.05) is 4.90 Å². The molecule has 2 rings (SSSR count). The van der Waals surface area contributed by atoms with Crippen LogP contribution in [0.3, 0.4) is 0 Å². The van der Waals surface area contributed by atoms with Crippen LogP contribution in [0.15, 0.2) is 0 Å². The zero-order valence-corrected chi connectivity index (χ0v) is 12.7. The van der Waals surface area contributed by atoms with Gasteiger partial charge in [0.15, 0.2) is 0 Å². The van der Waals surface area contributed by atoms with Gasteiger partial charge in [-0.3, -0.25) is 9.69 Å². The lowest BCUT2D eigenvalue weighted by molar-refractivity contribution is -0.134. The molecule has 2 fully saturated rings. The summed E-state index contributed by atoms with van der Waals surface area (Å²) in [4.78, 5) is 16.7. The first-order chi connectivity index (χ1) is 9.74. The van der Waals surface area contributed by atoms with Gasteiger partial charge < -0.3 is 15.4 Å². The van der Waals surface area contributed by atoms with Gasteiger partial charge in [-0.1, -0.05) is 12.8 Å². The number of carbonyl (C=O) groups excluding carboxylic acids is 1. The molecule has 5 nitrogen and oxygen atoms in total. The molecular formula is C15H29N3O2. The molecule has 2 saturated heterocycles. The molecule has 0 aliphatic carbocycles. The molecule has 0 aromatic heterocycles. The van der Waals surface area contributed by atoms with E-state index in [9.17, 15) is 4.79 Å². The number of likely N-dealkylation sites (tertiary alicyclic amines) is 2. The highest BCUT2D eigenvalue weighted by atomic mass is 16.5. The van der Waals surface area contributed by atoms with Crippen molar-refractivity contribution in [3.8, 4) is 0 Å². The predicted octanol–water partition coefficient (Wildman–Crippen LogP) is 0.827. The minimum Gasteiger partial charge on any atom is -0.381 e. The average Bonchev–Trinajstić information content (AvgIpc) is 2.76. The first-order valence-corrected chi connectivity index (χ1v) is 7.99. The molecule has 1 amide bonds. The van der Waals surface area contributed by atoms with E-state index >= 15 is 0 Å². The quantitative estimate of drug-likeness (QED) is 0.830. The van der Waals surface area contributed by atoms with Gasteiger partial charge in [-0.15, -0.1) is 0 Å². The summed E-state index contributed by atoms with van der Waals surface area (Å²) in [6.07, 6.45) is 7.06. The summed E-state index contributed by atoms with van der Waals surface area (Å²) >= 11 is 0. The molecule has 0 aromatic rings. The Balaban J connectivity index is 1.85. The van der Waals surface area contributed by atoms with E-state index in [4.69, 9.17) is 10.5 Å². The Morgan fingerprint density at radius 2 is 1.90 bits per heavy atom. The zero-order chi connectivity index (χ0) is 14.4. The van der Waals surface area contributed by atoms with Crippen LogP contribution in [0.4, 0.5) is 0 Å². The second kappa shape index (κ2) is 7.96. The van der Waals surface area contributed by atoms with Gasteiger partial charge in [0.2, 0.25) is 5.91 Å². The van der Waals surface area contributed by atoms with Crippen molar-refractivity contribution < 1.29 is 9.53 Å². The first-order valence-electron chi connectivity index (χ1n) is 7.99. The van der Waals surface area contributed by atoms with Gasteiger partial charge in [0.05, 0.1) is 12.6 Å². The van der Waals surface area contributed by atoms with Crippen LogP contribution >= 0.6 is 0 Å². The monoisotopic (exact) mass is 283 g/mol. The molecule has 0 bridgehead atoms. The highest BCUT2D eigenvalue weighted by molar-refractivity contribution is 5.78. The summed E-state index contributed by atoms with van der Waals surface area (Å²) in [6, 6.07) is 0.282. The van der Waals surface area contributed by atoms with Gasteiger partial charge in [-0.25, -0.2) is 0 Å². The van der Waals surface area contributed by atoms with E-state index in [1.165, 1.54) is 12.8 Å². The fourth-order valence-corrected chi connectivity index (χ4v) is 3.32. The molecule has 2 N–H and O–H groups in total. The van der Waals surface area contributed by atoms with Crippen LogP contribution in [0.2, 0.25) is 0 Å². The van der Waals surface area contributed by atoms with Crippen LogP contribution in [0.25, 0.3) is 0 Å². The molecular weight excluding hydrogens is 254 g/mol. The van der Waals surface area contributed by atoms with Crippen molar-refractivity contribution in [2.75, 3.05) is 39.8 Å². The Morgan fingerprint density at radius 3 is 2.50 bits per heavy atom. The molecule has 2 atom stereocenters. The maximum Gasteiger partial charge on any atom is 0.236 e. The van der Waals surface area contributed by atoms with Gasteiger partial charge in [0.1, 0.15) is 0 Å². The van der Waals surface area contributed by atoms with Gasteiger partial charge >= 0.3 is 0 Å². The Morgan fingerprint density at radius 1 is 1.20 bits per heavy atom. The van der Waals surface area contributed by atoms with Crippen LogP contribution in [0.5, 0.6) is 0 Å². The molecule has 116 valence electrons. The van der Waals surface area contributed by atoms with E-state index < -0.39 is 0 Å². The average molecular weight is 283 g/mol. The third kappa shape index (κ3) is 4.17. The van der Waals surface area contributed by atoms with Gasteiger partial charge in [0.25, 0.3) is 0 Å². The van der Waals surface area contributed by atoms with Gasteiger partial charge in [-0.05, 0) is 25.7 Å². The van der Waals surface area contributed by atoms with Gasteiger partial charge in [0, 0.05) is 39.3 Å². The number of carbonyl (C=O) groups is 1. The maximum atomic E-state index is 12.4. The molecule has 0 radical (unpaired) electrons. The lowest BCUT2D eigenvalue weighted by atomic mass is 9.99. The van der Waals surface area contributed by atoms with Crippen LogP contribution in [0.1, 0.15) is 38.5 Å². The number of nitrogens with zero attached hydrogens (tertiary/aromatic N) is 2. The van der Waals surface area contributed by atoms with E-state index in [-0.39, 0.29) is 11.9 Å². The molecule has 0 aromatic carbocycles. The molecule has 0 saturated carbocycles. The molecule has 20 heavy (non-hydrogen) atoms. The van der Waals surface area contributed by atoms with Crippen molar-refractivity contribution in [2.45, 2.75) is 50.7 Å². The minimum atomic E-state index is 0.279. The highest BCUT2D eigenvalue weighted by Gasteiger charge is 2.29. The smallest absolute Gasteiger partial charge is 0.236 e. The fraction of sp³-hybridized carbons (Fsp3) is 0.933. The minimum absolute atomic E-state index is 0.279. The normalized spacial score (nSPS) is 29.2. The second-order valence-corrected chi connectivity index (χ2v) is 6.04. The van der Waals surface area contributed by atoms with Crippen LogP contribution in [-0.4, -0.2) is 67.7 Å². The summed E-state index contributed by atoms with van der Waals surface area (Å²) in [5.74, 6) is 0.279.